The van der Waals surface area contributed by atoms with Crippen molar-refractivity contribution < 1.29 is 5.11 Å². The SMILES string of the molecule is Oc1cc2c(cc1CCCCCl)CCCC2. The van der Waals surface area contributed by atoms with Crippen LogP contribution in [-0.2, 0) is 19.3 Å². The van der Waals surface area contributed by atoms with E-state index in [4.69, 9.17) is 11.6 Å². The van der Waals surface area contributed by atoms with E-state index in [1.54, 1.807) is 0 Å². The Balaban J connectivity index is 2.12. The smallest absolute Gasteiger partial charge is 0.119 e. The average molecular weight is 239 g/mol. The van der Waals surface area contributed by atoms with Crippen LogP contribution in [0.5, 0.6) is 5.75 Å². The molecule has 1 aliphatic rings. The normalized spacial score (nSPS) is 14.8. The highest BCUT2D eigenvalue weighted by Crippen LogP contribution is 2.29. The van der Waals surface area contributed by atoms with Crippen LogP contribution in [0, 0.1) is 0 Å². The van der Waals surface area contributed by atoms with Crippen LogP contribution in [0.1, 0.15) is 42.4 Å². The van der Waals surface area contributed by atoms with Crippen LogP contribution in [-0.4, -0.2) is 11.0 Å². The van der Waals surface area contributed by atoms with E-state index >= 15 is 0 Å². The number of phenolic OH excluding ortho intramolecular Hbond substituents is 1. The minimum absolute atomic E-state index is 0.482. The lowest BCUT2D eigenvalue weighted by Crippen LogP contribution is -2.03. The molecule has 1 N–H and O–H groups in total. The molecular formula is C14H19ClO. The Morgan fingerprint density at radius 1 is 1.06 bits per heavy atom. The number of hydrogen-bond acceptors (Lipinski definition) is 1. The summed E-state index contributed by atoms with van der Waals surface area (Å²) >= 11 is 5.66. The Hall–Kier alpha value is -0.690. The molecule has 88 valence electrons. The first-order chi connectivity index (χ1) is 7.81. The Kier molecular flexibility index (Phi) is 4.11. The number of phenols is 1. The number of benzene rings is 1. The fraction of sp³-hybridized carbons (Fsp3) is 0.571. The molecule has 0 unspecified atom stereocenters. The van der Waals surface area contributed by atoms with Crippen molar-refractivity contribution in [2.75, 3.05) is 5.88 Å². The number of aryl methyl sites for hydroxylation is 3. The third kappa shape index (κ3) is 2.70. The van der Waals surface area contributed by atoms with E-state index in [0.29, 0.717) is 11.6 Å². The lowest BCUT2D eigenvalue weighted by Gasteiger charge is -2.17. The van der Waals surface area contributed by atoms with Gasteiger partial charge in [0.1, 0.15) is 5.75 Å². The van der Waals surface area contributed by atoms with Crippen molar-refractivity contribution in [3.8, 4) is 5.75 Å². The number of rotatable bonds is 4. The van der Waals surface area contributed by atoms with Crippen LogP contribution in [0.25, 0.3) is 0 Å². The lowest BCUT2D eigenvalue weighted by atomic mass is 9.89. The molecule has 16 heavy (non-hydrogen) atoms. The monoisotopic (exact) mass is 238 g/mol. The van der Waals surface area contributed by atoms with E-state index in [0.717, 1.165) is 31.2 Å². The van der Waals surface area contributed by atoms with Gasteiger partial charge in [0, 0.05) is 5.88 Å². The minimum Gasteiger partial charge on any atom is -0.508 e. The Labute approximate surface area is 102 Å². The second kappa shape index (κ2) is 5.58. The van der Waals surface area contributed by atoms with E-state index in [2.05, 4.69) is 6.07 Å². The van der Waals surface area contributed by atoms with E-state index in [-0.39, 0.29) is 0 Å². The van der Waals surface area contributed by atoms with E-state index in [1.807, 2.05) is 6.07 Å². The van der Waals surface area contributed by atoms with Gasteiger partial charge in [0.25, 0.3) is 0 Å². The van der Waals surface area contributed by atoms with Gasteiger partial charge in [-0.2, -0.15) is 0 Å². The van der Waals surface area contributed by atoms with Gasteiger partial charge in [-0.05, 0) is 67.7 Å². The highest BCUT2D eigenvalue weighted by Gasteiger charge is 2.12. The fourth-order valence-corrected chi connectivity index (χ4v) is 2.62. The van der Waals surface area contributed by atoms with Crippen LogP contribution in [0.4, 0.5) is 0 Å². The predicted molar refractivity (Wildman–Crippen MR) is 68.4 cm³/mol. The Morgan fingerprint density at radius 2 is 1.75 bits per heavy atom. The van der Waals surface area contributed by atoms with Crippen molar-refractivity contribution in [2.24, 2.45) is 0 Å². The van der Waals surface area contributed by atoms with Crippen molar-refractivity contribution in [3.05, 3.63) is 28.8 Å². The van der Waals surface area contributed by atoms with Crippen LogP contribution < -0.4 is 0 Å². The van der Waals surface area contributed by atoms with Gasteiger partial charge >= 0.3 is 0 Å². The number of alkyl halides is 1. The van der Waals surface area contributed by atoms with Crippen LogP contribution in [0.2, 0.25) is 0 Å². The largest absolute Gasteiger partial charge is 0.508 e. The fourth-order valence-electron chi connectivity index (χ4n) is 2.43. The standard InChI is InChI=1S/C14H19ClO/c15-8-4-3-7-13-9-11-5-1-2-6-12(11)10-14(13)16/h9-10,16H,1-8H2. The number of halogens is 1. The zero-order chi connectivity index (χ0) is 11.4. The quantitative estimate of drug-likeness (QED) is 0.624. The Bertz CT molecular complexity index is 360. The highest BCUT2D eigenvalue weighted by molar-refractivity contribution is 6.17. The van der Waals surface area contributed by atoms with Gasteiger partial charge < -0.3 is 5.11 Å². The first-order valence-electron chi connectivity index (χ1n) is 6.21. The molecule has 0 bridgehead atoms. The summed E-state index contributed by atoms with van der Waals surface area (Å²) in [6.07, 6.45) is 7.90. The van der Waals surface area contributed by atoms with Crippen molar-refractivity contribution in [3.63, 3.8) is 0 Å². The van der Waals surface area contributed by atoms with Crippen molar-refractivity contribution in [2.45, 2.75) is 44.9 Å². The Morgan fingerprint density at radius 3 is 2.44 bits per heavy atom. The summed E-state index contributed by atoms with van der Waals surface area (Å²) < 4.78 is 0. The molecule has 0 spiro atoms. The second-order valence-electron chi connectivity index (χ2n) is 4.60. The summed E-state index contributed by atoms with van der Waals surface area (Å²) in [4.78, 5) is 0. The number of aromatic hydroxyl groups is 1. The first-order valence-corrected chi connectivity index (χ1v) is 6.74. The highest BCUT2D eigenvalue weighted by atomic mass is 35.5. The maximum absolute atomic E-state index is 9.93. The first kappa shape index (κ1) is 11.8. The molecule has 0 atom stereocenters. The second-order valence-corrected chi connectivity index (χ2v) is 4.98. The number of unbranched alkanes of at least 4 members (excludes halogenated alkanes) is 1. The van der Waals surface area contributed by atoms with E-state index < -0.39 is 0 Å². The van der Waals surface area contributed by atoms with Crippen molar-refractivity contribution in [1.82, 2.24) is 0 Å². The molecule has 0 aromatic heterocycles. The molecule has 1 aromatic carbocycles. The maximum atomic E-state index is 9.93. The van der Waals surface area contributed by atoms with Gasteiger partial charge in [0.05, 0.1) is 0 Å². The molecular weight excluding hydrogens is 220 g/mol. The topological polar surface area (TPSA) is 20.2 Å². The molecule has 0 radical (unpaired) electrons. The number of fused-ring (bicyclic) bond motifs is 1. The van der Waals surface area contributed by atoms with Crippen molar-refractivity contribution in [1.29, 1.82) is 0 Å². The molecule has 0 heterocycles. The van der Waals surface area contributed by atoms with Gasteiger partial charge in [-0.3, -0.25) is 0 Å². The molecule has 2 rings (SSSR count). The van der Waals surface area contributed by atoms with Gasteiger partial charge in [-0.1, -0.05) is 6.07 Å². The van der Waals surface area contributed by atoms with Crippen LogP contribution in [0.15, 0.2) is 12.1 Å². The summed E-state index contributed by atoms with van der Waals surface area (Å²) in [6.45, 7) is 0. The maximum Gasteiger partial charge on any atom is 0.119 e. The molecule has 0 fully saturated rings. The van der Waals surface area contributed by atoms with Gasteiger partial charge in [-0.25, -0.2) is 0 Å². The zero-order valence-corrected chi connectivity index (χ0v) is 10.4. The van der Waals surface area contributed by atoms with Crippen LogP contribution in [0.3, 0.4) is 0 Å². The van der Waals surface area contributed by atoms with Crippen molar-refractivity contribution >= 4 is 11.6 Å². The molecule has 2 heteroatoms. The molecule has 0 saturated carbocycles. The third-order valence-corrected chi connectivity index (χ3v) is 3.64. The van der Waals surface area contributed by atoms with Gasteiger partial charge in [-0.15, -0.1) is 11.6 Å². The summed E-state index contributed by atoms with van der Waals surface area (Å²) in [7, 11) is 0. The lowest BCUT2D eigenvalue weighted by molar-refractivity contribution is 0.464. The molecule has 1 nitrogen and oxygen atoms in total. The molecule has 1 aliphatic carbocycles. The molecule has 0 saturated heterocycles. The summed E-state index contributed by atoms with van der Waals surface area (Å²) in [5, 5.41) is 9.93. The minimum atomic E-state index is 0.482. The molecule has 0 amide bonds. The van der Waals surface area contributed by atoms with Gasteiger partial charge in [0.2, 0.25) is 0 Å². The zero-order valence-electron chi connectivity index (χ0n) is 9.64. The summed E-state index contributed by atoms with van der Waals surface area (Å²) in [5.74, 6) is 1.20. The third-order valence-electron chi connectivity index (χ3n) is 3.37. The summed E-state index contributed by atoms with van der Waals surface area (Å²) in [6, 6.07) is 4.18. The summed E-state index contributed by atoms with van der Waals surface area (Å²) in [5.41, 5.74) is 3.90. The van der Waals surface area contributed by atoms with E-state index in [9.17, 15) is 5.11 Å². The van der Waals surface area contributed by atoms with Crippen LogP contribution >= 0.6 is 11.6 Å². The number of hydrogen-bond donors (Lipinski definition) is 1. The van der Waals surface area contributed by atoms with E-state index in [1.165, 1.54) is 30.4 Å². The molecule has 0 aliphatic heterocycles. The average Bonchev–Trinajstić information content (AvgIpc) is 2.30. The predicted octanol–water partition coefficient (Wildman–Crippen LogP) is 3.83. The van der Waals surface area contributed by atoms with Gasteiger partial charge in [0.15, 0.2) is 0 Å². The molecule has 1 aromatic rings.